The van der Waals surface area contributed by atoms with E-state index in [2.05, 4.69) is 4.74 Å². The first-order valence-corrected chi connectivity index (χ1v) is 7.48. The minimum atomic E-state index is -4.49. The number of nitro benzene ring substituents is 1. The van der Waals surface area contributed by atoms with E-state index in [-0.39, 0.29) is 11.4 Å². The molecule has 1 aliphatic rings. The van der Waals surface area contributed by atoms with Gasteiger partial charge in [0.15, 0.2) is 0 Å². The van der Waals surface area contributed by atoms with Gasteiger partial charge in [-0.1, -0.05) is 6.42 Å². The van der Waals surface area contributed by atoms with Crippen LogP contribution in [0.1, 0.15) is 19.3 Å². The number of non-ortho nitro benzene ring substituents is 1. The molecule has 0 bridgehead atoms. The van der Waals surface area contributed by atoms with Crippen LogP contribution < -0.4 is 0 Å². The predicted octanol–water partition coefficient (Wildman–Crippen LogP) is 4.60. The molecule has 5 nitrogen and oxygen atoms in total. The summed E-state index contributed by atoms with van der Waals surface area (Å²) in [7, 11) is -4.49. The predicted molar refractivity (Wildman–Crippen MR) is 69.7 cm³/mol. The first-order valence-electron chi connectivity index (χ1n) is 6.00. The highest BCUT2D eigenvalue weighted by molar-refractivity contribution is 7.53. The van der Waals surface area contributed by atoms with Crippen LogP contribution in [0.5, 0.6) is 0 Å². The zero-order valence-electron chi connectivity index (χ0n) is 10.2. The molecule has 0 saturated carbocycles. The van der Waals surface area contributed by atoms with E-state index < -0.39 is 12.7 Å². The van der Waals surface area contributed by atoms with Crippen LogP contribution in [0, 0.1) is 10.1 Å². The molecule has 0 unspecified atom stereocenters. The second-order valence-corrected chi connectivity index (χ2v) is 6.02. The molecule has 104 valence electrons. The molecule has 1 aliphatic heterocycles. The number of piperidine rings is 1. The van der Waals surface area contributed by atoms with Crippen molar-refractivity contribution in [1.29, 1.82) is 0 Å². The highest BCUT2D eigenvalue weighted by Crippen LogP contribution is 2.59. The molecule has 1 saturated heterocycles. The maximum atomic E-state index is 14.0. The standard InChI is InChI=1S/C11H14F2N3O2P/c12-19(13,15-8-2-1-3-9-15)14-10-4-6-11(7-5-10)16(17)18/h4-7H,1-3,8-9H2. The first-order chi connectivity index (χ1) is 8.99. The molecular weight excluding hydrogens is 275 g/mol. The lowest BCUT2D eigenvalue weighted by Gasteiger charge is -2.27. The third-order valence-corrected chi connectivity index (χ3v) is 4.52. The lowest BCUT2D eigenvalue weighted by atomic mass is 10.2. The van der Waals surface area contributed by atoms with Gasteiger partial charge in [-0.3, -0.25) is 10.1 Å². The van der Waals surface area contributed by atoms with Crippen molar-refractivity contribution in [2.45, 2.75) is 19.3 Å². The third kappa shape index (κ3) is 3.58. The maximum Gasteiger partial charge on any atom is 0.372 e. The van der Waals surface area contributed by atoms with Crippen molar-refractivity contribution in [1.82, 2.24) is 4.67 Å². The molecule has 1 aromatic carbocycles. The molecule has 0 aliphatic carbocycles. The highest BCUT2D eigenvalue weighted by atomic mass is 31.2. The Morgan fingerprint density at radius 2 is 1.74 bits per heavy atom. The average molecular weight is 289 g/mol. The Kier molecular flexibility index (Phi) is 4.27. The van der Waals surface area contributed by atoms with E-state index in [1.54, 1.807) is 0 Å². The van der Waals surface area contributed by atoms with Gasteiger partial charge in [0, 0.05) is 25.2 Å². The van der Waals surface area contributed by atoms with Crippen molar-refractivity contribution in [3.05, 3.63) is 34.4 Å². The van der Waals surface area contributed by atoms with Gasteiger partial charge in [0.05, 0.1) is 10.6 Å². The Bertz CT molecular complexity index is 509. The average Bonchev–Trinajstić information content (AvgIpc) is 2.40. The molecule has 0 atom stereocenters. The number of nitro groups is 1. The highest BCUT2D eigenvalue weighted by Gasteiger charge is 2.29. The number of nitrogens with zero attached hydrogens (tertiary/aromatic N) is 3. The van der Waals surface area contributed by atoms with Crippen LogP contribution in [0.3, 0.4) is 0 Å². The van der Waals surface area contributed by atoms with Crippen LogP contribution in [-0.2, 0) is 0 Å². The Labute approximate surface area is 109 Å². The van der Waals surface area contributed by atoms with Crippen molar-refractivity contribution in [3.8, 4) is 0 Å². The number of hydrogen-bond acceptors (Lipinski definition) is 3. The van der Waals surface area contributed by atoms with Crippen LogP contribution in [0.2, 0.25) is 0 Å². The van der Waals surface area contributed by atoms with Gasteiger partial charge in [-0.05, 0) is 25.0 Å². The SMILES string of the molecule is O=[N+]([O-])c1ccc(N=P(F)(F)N2CCCCC2)cc1. The monoisotopic (exact) mass is 289 g/mol. The van der Waals surface area contributed by atoms with Gasteiger partial charge >= 0.3 is 7.83 Å². The summed E-state index contributed by atoms with van der Waals surface area (Å²) >= 11 is 0. The van der Waals surface area contributed by atoms with Crippen LogP contribution in [0.4, 0.5) is 19.8 Å². The molecule has 1 aromatic rings. The molecule has 0 N–H and O–H groups in total. The Morgan fingerprint density at radius 1 is 1.16 bits per heavy atom. The number of rotatable bonds is 3. The van der Waals surface area contributed by atoms with E-state index in [0.29, 0.717) is 13.1 Å². The first kappa shape index (κ1) is 14.1. The molecule has 1 heterocycles. The Hall–Kier alpha value is -1.33. The summed E-state index contributed by atoms with van der Waals surface area (Å²) in [6.07, 6.45) is 2.52. The summed E-state index contributed by atoms with van der Waals surface area (Å²) in [5.41, 5.74) is -0.0342. The largest absolute Gasteiger partial charge is 0.372 e. The van der Waals surface area contributed by atoms with Crippen molar-refractivity contribution in [3.63, 3.8) is 0 Å². The zero-order chi connectivity index (χ0) is 13.9. The van der Waals surface area contributed by atoms with E-state index >= 15 is 0 Å². The van der Waals surface area contributed by atoms with Crippen LogP contribution in [0.25, 0.3) is 0 Å². The summed E-state index contributed by atoms with van der Waals surface area (Å²) < 4.78 is 32.6. The molecule has 19 heavy (non-hydrogen) atoms. The van der Waals surface area contributed by atoms with E-state index in [1.807, 2.05) is 0 Å². The Balaban J connectivity index is 2.20. The van der Waals surface area contributed by atoms with Gasteiger partial charge in [0.1, 0.15) is 0 Å². The maximum absolute atomic E-state index is 14.0. The molecule has 0 aromatic heterocycles. The quantitative estimate of drug-likeness (QED) is 0.464. The summed E-state index contributed by atoms with van der Waals surface area (Å²) in [5, 5.41) is 10.5. The number of halogens is 2. The lowest BCUT2D eigenvalue weighted by molar-refractivity contribution is -0.384. The van der Waals surface area contributed by atoms with Crippen LogP contribution >= 0.6 is 7.83 Å². The summed E-state index contributed by atoms with van der Waals surface area (Å²) in [6.45, 7) is 0.745. The second-order valence-electron chi connectivity index (χ2n) is 4.34. The molecular formula is C11H14F2N3O2P. The lowest BCUT2D eigenvalue weighted by Crippen LogP contribution is -2.24. The minimum Gasteiger partial charge on any atom is -0.258 e. The number of hydrogen-bond donors (Lipinski definition) is 0. The molecule has 0 radical (unpaired) electrons. The molecule has 0 amide bonds. The van der Waals surface area contributed by atoms with Crippen molar-refractivity contribution in [2.75, 3.05) is 13.1 Å². The fourth-order valence-electron chi connectivity index (χ4n) is 1.96. The second kappa shape index (κ2) is 5.75. The van der Waals surface area contributed by atoms with Crippen LogP contribution in [0.15, 0.2) is 29.0 Å². The van der Waals surface area contributed by atoms with Gasteiger partial charge in [-0.15, -0.1) is 0 Å². The minimum absolute atomic E-state index is 0.0921. The molecule has 2 rings (SSSR count). The third-order valence-electron chi connectivity index (χ3n) is 2.97. The topological polar surface area (TPSA) is 58.7 Å². The van der Waals surface area contributed by atoms with Gasteiger partial charge in [0.25, 0.3) is 5.69 Å². The van der Waals surface area contributed by atoms with Crippen molar-refractivity contribution in [2.24, 2.45) is 4.74 Å². The van der Waals surface area contributed by atoms with Crippen molar-refractivity contribution < 1.29 is 13.3 Å². The molecule has 0 spiro atoms. The van der Waals surface area contributed by atoms with Gasteiger partial charge in [-0.25, -0.2) is 4.67 Å². The van der Waals surface area contributed by atoms with Crippen molar-refractivity contribution >= 4 is 19.2 Å². The molecule has 8 heteroatoms. The van der Waals surface area contributed by atoms with E-state index in [9.17, 15) is 18.5 Å². The normalized spacial score (nSPS) is 17.2. The smallest absolute Gasteiger partial charge is 0.258 e. The fraction of sp³-hybridized carbons (Fsp3) is 0.455. The van der Waals surface area contributed by atoms with E-state index in [4.69, 9.17) is 0 Å². The van der Waals surface area contributed by atoms with Gasteiger partial charge < -0.3 is 0 Å². The molecule has 1 fully saturated rings. The fourth-order valence-corrected chi connectivity index (χ4v) is 3.26. The van der Waals surface area contributed by atoms with Gasteiger partial charge in [0.2, 0.25) is 0 Å². The summed E-state index contributed by atoms with van der Waals surface area (Å²) in [4.78, 5) is 9.90. The zero-order valence-corrected chi connectivity index (χ0v) is 11.1. The summed E-state index contributed by atoms with van der Waals surface area (Å²) in [6, 6.07) is 4.90. The van der Waals surface area contributed by atoms with Crippen LogP contribution in [-0.4, -0.2) is 22.7 Å². The Morgan fingerprint density at radius 3 is 2.26 bits per heavy atom. The van der Waals surface area contributed by atoms with E-state index in [1.165, 1.54) is 24.3 Å². The number of benzene rings is 1. The summed E-state index contributed by atoms with van der Waals surface area (Å²) in [5.74, 6) is 0. The van der Waals surface area contributed by atoms with E-state index in [0.717, 1.165) is 23.9 Å². The van der Waals surface area contributed by atoms with Gasteiger partial charge in [-0.2, -0.15) is 13.1 Å².